The third-order valence-electron chi connectivity index (χ3n) is 5.27. The molecule has 7 nitrogen and oxygen atoms in total. The minimum Gasteiger partial charge on any atom is -0.459 e. The Morgan fingerprint density at radius 1 is 1.21 bits per heavy atom. The summed E-state index contributed by atoms with van der Waals surface area (Å²) >= 11 is 6.02. The largest absolute Gasteiger partial charge is 0.459 e. The predicted molar refractivity (Wildman–Crippen MR) is 114 cm³/mol. The number of carbonyl (C=O) groups is 2. The molecule has 3 rings (SSSR count). The molecule has 1 aromatic heterocycles. The number of aromatic nitrogens is 1. The summed E-state index contributed by atoms with van der Waals surface area (Å²) in [5.74, 6) is 0.305. The molecule has 8 heteroatoms. The number of amides is 2. The van der Waals surface area contributed by atoms with Crippen LogP contribution in [0.5, 0.6) is 5.88 Å². The number of hydrogen-bond acceptors (Lipinski definition) is 5. The number of fused-ring (bicyclic) bond motifs is 1. The summed E-state index contributed by atoms with van der Waals surface area (Å²) in [5, 5.41) is 6.23. The van der Waals surface area contributed by atoms with E-state index in [0.29, 0.717) is 40.9 Å². The topological polar surface area (TPSA) is 83.6 Å². The Bertz CT molecular complexity index is 913. The van der Waals surface area contributed by atoms with Gasteiger partial charge < -0.3 is 15.4 Å². The lowest BCUT2D eigenvalue weighted by Gasteiger charge is -2.41. The van der Waals surface area contributed by atoms with Gasteiger partial charge in [-0.1, -0.05) is 25.4 Å². The van der Waals surface area contributed by atoms with E-state index in [1.54, 1.807) is 55.3 Å². The zero-order valence-corrected chi connectivity index (χ0v) is 17.7. The molecule has 29 heavy (non-hydrogen) atoms. The second-order valence-corrected chi connectivity index (χ2v) is 7.38. The molecule has 1 aliphatic heterocycles. The third kappa shape index (κ3) is 3.93. The van der Waals surface area contributed by atoms with Crippen molar-refractivity contribution >= 4 is 40.6 Å². The van der Waals surface area contributed by atoms with Crippen LogP contribution in [0.15, 0.2) is 36.4 Å². The second kappa shape index (κ2) is 8.39. The number of benzene rings is 1. The smallest absolute Gasteiger partial charge is 0.275 e. The fraction of sp³-hybridized carbons (Fsp3) is 0.381. The number of hydrogen-bond donors (Lipinski definition) is 2. The highest BCUT2D eigenvalue weighted by molar-refractivity contribution is 6.30. The van der Waals surface area contributed by atoms with Crippen LogP contribution >= 0.6 is 11.6 Å². The summed E-state index contributed by atoms with van der Waals surface area (Å²) < 4.78 is 6.12. The highest BCUT2D eigenvalue weighted by Crippen LogP contribution is 2.43. The minimum absolute atomic E-state index is 0.153. The summed E-state index contributed by atoms with van der Waals surface area (Å²) in [4.78, 5) is 31.7. The Kier molecular flexibility index (Phi) is 6.10. The van der Waals surface area contributed by atoms with Gasteiger partial charge in [0.1, 0.15) is 11.5 Å². The molecule has 0 radical (unpaired) electrons. The molecule has 2 heterocycles. The van der Waals surface area contributed by atoms with E-state index < -0.39 is 5.60 Å². The maximum Gasteiger partial charge on any atom is 0.275 e. The van der Waals surface area contributed by atoms with Gasteiger partial charge >= 0.3 is 0 Å². The first kappa shape index (κ1) is 21.1. The first-order valence-electron chi connectivity index (χ1n) is 9.63. The maximum atomic E-state index is 13.4. The minimum atomic E-state index is -1.03. The SMILES string of the molecule is CCC1(CC)Oc2nc(NC(=O)C(C)NC)ccc2N(c2ccc(Cl)cc2)C1=O. The van der Waals surface area contributed by atoms with Crippen molar-refractivity contribution < 1.29 is 14.3 Å². The molecule has 0 saturated heterocycles. The van der Waals surface area contributed by atoms with E-state index in [4.69, 9.17) is 16.3 Å². The van der Waals surface area contributed by atoms with Gasteiger partial charge in [0.2, 0.25) is 11.8 Å². The number of anilines is 3. The Morgan fingerprint density at radius 3 is 2.45 bits per heavy atom. The first-order chi connectivity index (χ1) is 13.8. The molecule has 0 fully saturated rings. The number of nitrogens with zero attached hydrogens (tertiary/aromatic N) is 2. The number of ether oxygens (including phenoxy) is 1. The van der Waals surface area contributed by atoms with Crippen molar-refractivity contribution in [1.29, 1.82) is 0 Å². The van der Waals surface area contributed by atoms with E-state index in [-0.39, 0.29) is 17.9 Å². The Morgan fingerprint density at radius 2 is 1.86 bits per heavy atom. The molecule has 1 aliphatic rings. The van der Waals surface area contributed by atoms with Crippen molar-refractivity contribution in [3.63, 3.8) is 0 Å². The number of halogens is 1. The monoisotopic (exact) mass is 416 g/mol. The van der Waals surface area contributed by atoms with Gasteiger partial charge in [-0.2, -0.15) is 4.98 Å². The average Bonchev–Trinajstić information content (AvgIpc) is 2.73. The normalized spacial score (nSPS) is 16.0. The van der Waals surface area contributed by atoms with Crippen molar-refractivity contribution in [3.8, 4) is 5.88 Å². The Hall–Kier alpha value is -2.64. The van der Waals surface area contributed by atoms with Crippen molar-refractivity contribution in [2.75, 3.05) is 17.3 Å². The lowest BCUT2D eigenvalue weighted by Crippen LogP contribution is -2.54. The molecular weight excluding hydrogens is 392 g/mol. The lowest BCUT2D eigenvalue weighted by atomic mass is 9.93. The number of rotatable bonds is 6. The van der Waals surface area contributed by atoms with E-state index in [9.17, 15) is 9.59 Å². The number of pyridine rings is 1. The van der Waals surface area contributed by atoms with Gasteiger partial charge in [0.05, 0.1) is 6.04 Å². The lowest BCUT2D eigenvalue weighted by molar-refractivity contribution is -0.135. The molecule has 0 spiro atoms. The fourth-order valence-electron chi connectivity index (χ4n) is 3.20. The molecule has 0 bridgehead atoms. The summed E-state index contributed by atoms with van der Waals surface area (Å²) in [6.45, 7) is 5.57. The predicted octanol–water partition coefficient (Wildman–Crippen LogP) is 3.90. The van der Waals surface area contributed by atoms with Gasteiger partial charge in [0, 0.05) is 10.7 Å². The summed E-state index contributed by atoms with van der Waals surface area (Å²) in [6.07, 6.45) is 0.974. The Balaban J connectivity index is 2.06. The molecule has 2 amide bonds. The van der Waals surface area contributed by atoms with E-state index in [1.807, 2.05) is 13.8 Å². The van der Waals surface area contributed by atoms with Crippen LogP contribution in [0.1, 0.15) is 33.6 Å². The van der Waals surface area contributed by atoms with Gasteiger partial charge in [-0.3, -0.25) is 14.5 Å². The summed E-state index contributed by atoms with van der Waals surface area (Å²) in [5.41, 5.74) is 0.174. The van der Waals surface area contributed by atoms with Crippen molar-refractivity contribution in [2.45, 2.75) is 45.3 Å². The van der Waals surface area contributed by atoms with Crippen LogP contribution in [0.2, 0.25) is 5.02 Å². The van der Waals surface area contributed by atoms with Gasteiger partial charge in [-0.15, -0.1) is 0 Å². The van der Waals surface area contributed by atoms with Gasteiger partial charge in [0.25, 0.3) is 5.91 Å². The van der Waals surface area contributed by atoms with Crippen LogP contribution in [0.4, 0.5) is 17.2 Å². The number of nitrogens with one attached hydrogen (secondary N) is 2. The molecule has 2 aromatic rings. The van der Waals surface area contributed by atoms with Crippen LogP contribution in [0.25, 0.3) is 0 Å². The van der Waals surface area contributed by atoms with Crippen LogP contribution in [-0.2, 0) is 9.59 Å². The molecule has 0 aliphatic carbocycles. The van der Waals surface area contributed by atoms with Crippen molar-refractivity contribution in [3.05, 3.63) is 41.4 Å². The van der Waals surface area contributed by atoms with Crippen LogP contribution < -0.4 is 20.3 Å². The zero-order chi connectivity index (χ0) is 21.2. The summed E-state index contributed by atoms with van der Waals surface area (Å²) in [7, 11) is 1.71. The van der Waals surface area contributed by atoms with Crippen LogP contribution in [-0.4, -0.2) is 35.5 Å². The van der Waals surface area contributed by atoms with Crippen LogP contribution in [0.3, 0.4) is 0 Å². The third-order valence-corrected chi connectivity index (χ3v) is 5.52. The van der Waals surface area contributed by atoms with E-state index in [2.05, 4.69) is 15.6 Å². The number of carbonyl (C=O) groups excluding carboxylic acids is 2. The average molecular weight is 417 g/mol. The summed E-state index contributed by atoms with van der Waals surface area (Å²) in [6, 6.07) is 10.1. The molecule has 2 N–H and O–H groups in total. The van der Waals surface area contributed by atoms with Crippen molar-refractivity contribution in [2.24, 2.45) is 0 Å². The van der Waals surface area contributed by atoms with Gasteiger partial charge in [-0.05, 0) is 63.2 Å². The quantitative estimate of drug-likeness (QED) is 0.746. The standard InChI is InChI=1S/C21H25ClN4O3/c1-5-21(6-2)20(28)26(15-9-7-14(22)8-10-15)16-11-12-17(25-19(16)29-21)24-18(27)13(3)23-4/h7-13,23H,5-6H2,1-4H3,(H,24,25,27). The zero-order valence-electron chi connectivity index (χ0n) is 17.0. The van der Waals surface area contributed by atoms with E-state index in [0.717, 1.165) is 0 Å². The molecule has 154 valence electrons. The van der Waals surface area contributed by atoms with Gasteiger partial charge in [0.15, 0.2) is 5.60 Å². The van der Waals surface area contributed by atoms with Crippen molar-refractivity contribution in [1.82, 2.24) is 10.3 Å². The molecule has 1 aromatic carbocycles. The van der Waals surface area contributed by atoms with E-state index >= 15 is 0 Å². The maximum absolute atomic E-state index is 13.4. The first-order valence-corrected chi connectivity index (χ1v) is 10.0. The molecule has 0 saturated carbocycles. The Labute approximate surface area is 175 Å². The second-order valence-electron chi connectivity index (χ2n) is 6.94. The van der Waals surface area contributed by atoms with Crippen LogP contribution in [0, 0.1) is 0 Å². The molecule has 1 unspecified atom stereocenters. The van der Waals surface area contributed by atoms with Gasteiger partial charge in [-0.25, -0.2) is 0 Å². The highest BCUT2D eigenvalue weighted by Gasteiger charge is 2.47. The van der Waals surface area contributed by atoms with E-state index in [1.165, 1.54) is 0 Å². The number of likely N-dealkylation sites (N-methyl/N-ethyl adjacent to an activating group) is 1. The fourth-order valence-corrected chi connectivity index (χ4v) is 3.32. The highest BCUT2D eigenvalue weighted by atomic mass is 35.5. The molecule has 1 atom stereocenters. The molecular formula is C21H25ClN4O3.